The van der Waals surface area contributed by atoms with Crippen molar-refractivity contribution in [3.63, 3.8) is 0 Å². The molecule has 3 rings (SSSR count). The molecule has 0 amide bonds. The minimum Gasteiger partial charge on any atom is -0.373 e. The summed E-state index contributed by atoms with van der Waals surface area (Å²) < 4.78 is 60.1. The maximum atomic E-state index is 14.1. The van der Waals surface area contributed by atoms with Gasteiger partial charge in [0.1, 0.15) is 10.7 Å². The van der Waals surface area contributed by atoms with Crippen LogP contribution in [0.2, 0.25) is 0 Å². The Morgan fingerprint density at radius 3 is 2.67 bits per heavy atom. The van der Waals surface area contributed by atoms with E-state index in [-0.39, 0.29) is 18.2 Å². The molecule has 2 saturated heterocycles. The van der Waals surface area contributed by atoms with Crippen LogP contribution in [0.4, 0.5) is 8.78 Å². The Morgan fingerprint density at radius 2 is 2.10 bits per heavy atom. The quantitative estimate of drug-likeness (QED) is 0.868. The molecule has 3 atom stereocenters. The lowest BCUT2D eigenvalue weighted by molar-refractivity contribution is 0.0996. The summed E-state index contributed by atoms with van der Waals surface area (Å²) >= 11 is 0. The Labute approximate surface area is 121 Å². The van der Waals surface area contributed by atoms with E-state index in [9.17, 15) is 17.2 Å². The van der Waals surface area contributed by atoms with E-state index >= 15 is 0 Å². The van der Waals surface area contributed by atoms with Gasteiger partial charge in [-0.25, -0.2) is 21.9 Å². The van der Waals surface area contributed by atoms with Gasteiger partial charge in [0.15, 0.2) is 5.82 Å². The van der Waals surface area contributed by atoms with E-state index in [1.165, 1.54) is 0 Å². The number of nitrogens with two attached hydrogens (primary N) is 1. The second-order valence-corrected chi connectivity index (χ2v) is 7.06. The van der Waals surface area contributed by atoms with Crippen molar-refractivity contribution >= 4 is 10.0 Å². The van der Waals surface area contributed by atoms with Gasteiger partial charge in [0.05, 0.1) is 18.2 Å². The van der Waals surface area contributed by atoms with Gasteiger partial charge < -0.3 is 10.5 Å². The van der Waals surface area contributed by atoms with Gasteiger partial charge in [-0.2, -0.15) is 0 Å². The number of fused-ring (bicyclic) bond motifs is 2. The Morgan fingerprint density at radius 1 is 1.33 bits per heavy atom. The van der Waals surface area contributed by atoms with Gasteiger partial charge >= 0.3 is 0 Å². The highest BCUT2D eigenvalue weighted by atomic mass is 32.2. The largest absolute Gasteiger partial charge is 0.373 e. The van der Waals surface area contributed by atoms with Crippen molar-refractivity contribution in [3.8, 4) is 0 Å². The molecule has 2 bridgehead atoms. The molecule has 8 heteroatoms. The zero-order chi connectivity index (χ0) is 15.2. The van der Waals surface area contributed by atoms with Gasteiger partial charge in [-0.05, 0) is 31.4 Å². The van der Waals surface area contributed by atoms with E-state index in [1.807, 2.05) is 0 Å². The molecule has 3 unspecified atom stereocenters. The molecule has 2 fully saturated rings. The smallest absolute Gasteiger partial charge is 0.243 e. The molecule has 2 aliphatic heterocycles. The van der Waals surface area contributed by atoms with Crippen molar-refractivity contribution in [3.05, 3.63) is 29.3 Å². The topological polar surface area (TPSA) is 81.4 Å². The first kappa shape index (κ1) is 14.8. The minimum atomic E-state index is -4.07. The van der Waals surface area contributed by atoms with E-state index in [0.717, 1.165) is 25.0 Å². The average Bonchev–Trinajstić information content (AvgIpc) is 3.00. The summed E-state index contributed by atoms with van der Waals surface area (Å²) in [4.78, 5) is -0.577. The number of halogens is 2. The second kappa shape index (κ2) is 5.28. The van der Waals surface area contributed by atoms with E-state index < -0.39 is 38.7 Å². The van der Waals surface area contributed by atoms with Crippen LogP contribution in [0.5, 0.6) is 0 Å². The molecule has 0 spiro atoms. The van der Waals surface area contributed by atoms with Gasteiger partial charge in [0.2, 0.25) is 10.0 Å². The Kier molecular flexibility index (Phi) is 3.73. The predicted molar refractivity (Wildman–Crippen MR) is 70.9 cm³/mol. The average molecular weight is 318 g/mol. The van der Waals surface area contributed by atoms with Gasteiger partial charge in [-0.1, -0.05) is 0 Å². The number of hydrogen-bond acceptors (Lipinski definition) is 4. The van der Waals surface area contributed by atoms with Crippen molar-refractivity contribution < 1.29 is 21.9 Å². The van der Waals surface area contributed by atoms with Crippen molar-refractivity contribution in [2.45, 2.75) is 49.0 Å². The number of ether oxygens (including phenoxy) is 1. The van der Waals surface area contributed by atoms with E-state index in [2.05, 4.69) is 4.72 Å². The van der Waals surface area contributed by atoms with Crippen molar-refractivity contribution in [1.29, 1.82) is 0 Å². The standard InChI is InChI=1S/C13H16F2N2O3S/c14-9-2-4-12(13(15)8(9)6-16)21(18,19)17-10-5-7-1-3-11(10)20-7/h2,4,7,10-11,17H,1,3,5-6,16H2. The molecule has 1 aromatic carbocycles. The second-order valence-electron chi connectivity index (χ2n) is 5.38. The summed E-state index contributed by atoms with van der Waals surface area (Å²) in [7, 11) is -4.07. The molecule has 3 N–H and O–H groups in total. The highest BCUT2D eigenvalue weighted by Gasteiger charge is 2.43. The first-order valence-electron chi connectivity index (χ1n) is 6.77. The van der Waals surface area contributed by atoms with Crippen LogP contribution in [0, 0.1) is 11.6 Å². The zero-order valence-electron chi connectivity index (χ0n) is 11.2. The van der Waals surface area contributed by atoms with Crippen LogP contribution in [0.25, 0.3) is 0 Å². The summed E-state index contributed by atoms with van der Waals surface area (Å²) in [5.41, 5.74) is 4.83. The Bertz CT molecular complexity index is 666. The minimum absolute atomic E-state index is 0.0698. The summed E-state index contributed by atoms with van der Waals surface area (Å²) in [6, 6.07) is 1.47. The van der Waals surface area contributed by atoms with Gasteiger partial charge in [0.25, 0.3) is 0 Å². The number of rotatable bonds is 4. The Hall–Kier alpha value is -1.09. The van der Waals surface area contributed by atoms with E-state index in [1.54, 1.807) is 0 Å². The summed E-state index contributed by atoms with van der Waals surface area (Å²) in [5.74, 6) is -1.98. The number of hydrogen-bond donors (Lipinski definition) is 2. The molecule has 0 saturated carbocycles. The Balaban J connectivity index is 1.88. The lowest BCUT2D eigenvalue weighted by Gasteiger charge is -2.20. The van der Waals surface area contributed by atoms with Crippen LogP contribution in [0.1, 0.15) is 24.8 Å². The van der Waals surface area contributed by atoms with Crippen LogP contribution in [0.15, 0.2) is 17.0 Å². The molecule has 116 valence electrons. The molecular formula is C13H16F2N2O3S. The number of nitrogens with one attached hydrogen (secondary N) is 1. The lowest BCUT2D eigenvalue weighted by Crippen LogP contribution is -2.41. The highest BCUT2D eigenvalue weighted by molar-refractivity contribution is 7.89. The normalized spacial score (nSPS) is 28.2. The zero-order valence-corrected chi connectivity index (χ0v) is 12.0. The van der Waals surface area contributed by atoms with Crippen LogP contribution >= 0.6 is 0 Å². The fraction of sp³-hybridized carbons (Fsp3) is 0.538. The van der Waals surface area contributed by atoms with Crippen molar-refractivity contribution in [1.82, 2.24) is 4.72 Å². The van der Waals surface area contributed by atoms with Crippen LogP contribution in [0.3, 0.4) is 0 Å². The SMILES string of the molecule is NCc1c(F)ccc(S(=O)(=O)NC2CC3CCC2O3)c1F. The molecule has 0 radical (unpaired) electrons. The number of benzene rings is 1. The van der Waals surface area contributed by atoms with Crippen LogP contribution in [-0.2, 0) is 21.3 Å². The van der Waals surface area contributed by atoms with Gasteiger partial charge in [0, 0.05) is 12.1 Å². The molecule has 0 aliphatic carbocycles. The molecule has 1 aromatic rings. The highest BCUT2D eigenvalue weighted by Crippen LogP contribution is 2.35. The summed E-state index contributed by atoms with van der Waals surface area (Å²) in [6.07, 6.45) is 2.20. The molecule has 21 heavy (non-hydrogen) atoms. The molecule has 2 heterocycles. The first-order valence-corrected chi connectivity index (χ1v) is 8.25. The molecule has 0 aromatic heterocycles. The first-order chi connectivity index (χ1) is 9.92. The maximum absolute atomic E-state index is 14.1. The fourth-order valence-corrected chi connectivity index (χ4v) is 4.38. The summed E-state index contributed by atoms with van der Waals surface area (Å²) in [5, 5.41) is 0. The van der Waals surface area contributed by atoms with E-state index in [0.29, 0.717) is 6.42 Å². The summed E-state index contributed by atoms with van der Waals surface area (Å²) in [6.45, 7) is -0.404. The predicted octanol–water partition coefficient (Wildman–Crippen LogP) is 1.02. The number of sulfonamides is 1. The molecular weight excluding hydrogens is 302 g/mol. The maximum Gasteiger partial charge on any atom is 0.243 e. The van der Waals surface area contributed by atoms with Crippen molar-refractivity contribution in [2.75, 3.05) is 0 Å². The molecule has 5 nitrogen and oxygen atoms in total. The fourth-order valence-electron chi connectivity index (χ4n) is 3.00. The third kappa shape index (κ3) is 2.57. The molecule has 2 aliphatic rings. The van der Waals surface area contributed by atoms with Crippen molar-refractivity contribution in [2.24, 2.45) is 5.73 Å². The van der Waals surface area contributed by atoms with Gasteiger partial charge in [-0.15, -0.1) is 0 Å². The van der Waals surface area contributed by atoms with Crippen LogP contribution < -0.4 is 10.5 Å². The van der Waals surface area contributed by atoms with Crippen LogP contribution in [-0.4, -0.2) is 26.7 Å². The lowest BCUT2D eigenvalue weighted by atomic mass is 9.96. The monoisotopic (exact) mass is 318 g/mol. The third-order valence-electron chi connectivity index (χ3n) is 4.06. The van der Waals surface area contributed by atoms with Gasteiger partial charge in [-0.3, -0.25) is 0 Å². The third-order valence-corrected chi connectivity index (χ3v) is 5.56. The van der Waals surface area contributed by atoms with E-state index in [4.69, 9.17) is 10.5 Å².